The summed E-state index contributed by atoms with van der Waals surface area (Å²) < 4.78 is 0. The van der Waals surface area contributed by atoms with Crippen LogP contribution in [0.2, 0.25) is 0 Å². The topological polar surface area (TPSA) is 156 Å². The largest absolute Gasteiger partial charge is 0.507 e. The van der Waals surface area contributed by atoms with Gasteiger partial charge < -0.3 is 30.6 Å². The van der Waals surface area contributed by atoms with Crippen LogP contribution >= 0.6 is 0 Å². The molecule has 8 heteroatoms. The van der Waals surface area contributed by atoms with E-state index in [-0.39, 0.29) is 59.2 Å². The molecule has 2 aromatic carbocycles. The lowest BCUT2D eigenvalue weighted by atomic mass is 9.78. The van der Waals surface area contributed by atoms with E-state index in [2.05, 4.69) is 0 Å². The molecule has 0 aliphatic heterocycles. The van der Waals surface area contributed by atoms with Crippen LogP contribution in [-0.2, 0) is 44.1 Å². The van der Waals surface area contributed by atoms with E-state index in [1.165, 1.54) is 0 Å². The van der Waals surface area contributed by atoms with Gasteiger partial charge in [0.1, 0.15) is 11.5 Å². The molecular formula is C34H54O8. The van der Waals surface area contributed by atoms with Gasteiger partial charge in [-0.25, -0.2) is 0 Å². The first-order valence-electron chi connectivity index (χ1n) is 14.2. The molecule has 0 bridgehead atoms. The number of aliphatic carboxylic acids is 2. The fourth-order valence-electron chi connectivity index (χ4n) is 4.23. The molecule has 0 radical (unpaired) electrons. The molecule has 0 atom stereocenters. The third-order valence-electron chi connectivity index (χ3n) is 6.38. The van der Waals surface area contributed by atoms with Crippen LogP contribution in [0, 0.1) is 0 Å². The van der Waals surface area contributed by atoms with Gasteiger partial charge in [0.2, 0.25) is 0 Å². The number of benzene rings is 2. The molecule has 2 aromatic rings. The van der Waals surface area contributed by atoms with Gasteiger partial charge >= 0.3 is 11.9 Å². The number of aliphatic hydroxyl groups is 2. The molecule has 42 heavy (non-hydrogen) atoms. The Bertz CT molecular complexity index is 1030. The van der Waals surface area contributed by atoms with Crippen LogP contribution in [0.25, 0.3) is 0 Å². The number of hydrogen-bond donors (Lipinski definition) is 6. The monoisotopic (exact) mass is 590 g/mol. The lowest BCUT2D eigenvalue weighted by Gasteiger charge is -2.28. The predicted molar refractivity (Wildman–Crippen MR) is 168 cm³/mol. The molecule has 8 nitrogen and oxygen atoms in total. The second kappa shape index (κ2) is 14.9. The quantitative estimate of drug-likeness (QED) is 0.240. The fourth-order valence-corrected chi connectivity index (χ4v) is 4.23. The maximum atomic E-state index is 10.9. The number of rotatable bonds is 5. The van der Waals surface area contributed by atoms with Crippen LogP contribution in [0.15, 0.2) is 24.3 Å². The Balaban J connectivity index is 0.000000710. The number of carboxylic acids is 2. The Morgan fingerprint density at radius 3 is 0.810 bits per heavy atom. The lowest BCUT2D eigenvalue weighted by Crippen LogP contribution is -2.18. The van der Waals surface area contributed by atoms with Gasteiger partial charge in [0.15, 0.2) is 0 Å². The summed E-state index contributed by atoms with van der Waals surface area (Å²) in [5.74, 6) is -1.14. The Hall–Kier alpha value is -3.10. The average molecular weight is 591 g/mol. The number of phenolic OH excluding ortho intramolecular Hbond substituents is 2. The molecule has 238 valence electrons. The number of aliphatic hydroxyl groups excluding tert-OH is 2. The molecule has 0 aromatic heterocycles. The van der Waals surface area contributed by atoms with Crippen molar-refractivity contribution in [1.29, 1.82) is 0 Å². The van der Waals surface area contributed by atoms with Crippen molar-refractivity contribution < 1.29 is 40.2 Å². The fraction of sp³-hybridized carbons (Fsp3) is 0.588. The Labute approximate surface area is 252 Å². The Kier molecular flexibility index (Phi) is 13.8. The smallest absolute Gasteiger partial charge is 0.307 e. The third kappa shape index (κ3) is 12.4. The van der Waals surface area contributed by atoms with Gasteiger partial charge in [0, 0.05) is 0 Å². The van der Waals surface area contributed by atoms with Gasteiger partial charge in [-0.2, -0.15) is 0 Å². The van der Waals surface area contributed by atoms with Crippen molar-refractivity contribution in [2.45, 2.75) is 118 Å². The first-order valence-corrected chi connectivity index (χ1v) is 14.2. The minimum absolute atomic E-state index is 0.0214. The molecule has 0 spiro atoms. The maximum absolute atomic E-state index is 10.9. The number of aromatic hydroxyl groups is 2. The van der Waals surface area contributed by atoms with Crippen molar-refractivity contribution in [3.63, 3.8) is 0 Å². The number of carboxylic acid groups (broad SMARTS) is 2. The highest BCUT2D eigenvalue weighted by molar-refractivity contribution is 5.71. The van der Waals surface area contributed by atoms with Crippen LogP contribution in [0.3, 0.4) is 0 Å². The van der Waals surface area contributed by atoms with Gasteiger partial charge in [-0.3, -0.25) is 9.59 Å². The van der Waals surface area contributed by atoms with Crippen LogP contribution in [0.1, 0.15) is 116 Å². The normalized spacial score (nSPS) is 12.0. The van der Waals surface area contributed by atoms with E-state index in [1.807, 2.05) is 83.1 Å². The second-order valence-corrected chi connectivity index (χ2v) is 14.7. The predicted octanol–water partition coefficient (Wildman–Crippen LogP) is 6.20. The Morgan fingerprint density at radius 2 is 0.690 bits per heavy atom. The molecule has 0 aliphatic rings. The molecular weight excluding hydrogens is 536 g/mol. The molecule has 0 aliphatic carbocycles. The van der Waals surface area contributed by atoms with Crippen molar-refractivity contribution in [2.24, 2.45) is 0 Å². The highest BCUT2D eigenvalue weighted by Gasteiger charge is 2.28. The van der Waals surface area contributed by atoms with E-state index in [0.717, 1.165) is 33.4 Å². The molecule has 0 amide bonds. The molecule has 0 saturated heterocycles. The summed E-state index contributed by atoms with van der Waals surface area (Å²) in [5, 5.41) is 54.1. The first kappa shape index (κ1) is 38.9. The minimum Gasteiger partial charge on any atom is -0.507 e. The number of phenols is 2. The van der Waals surface area contributed by atoms with E-state index in [1.54, 1.807) is 24.3 Å². The van der Waals surface area contributed by atoms with Gasteiger partial charge in [0.05, 0.1) is 26.1 Å². The zero-order chi connectivity index (χ0) is 33.4. The Morgan fingerprint density at radius 1 is 0.500 bits per heavy atom. The van der Waals surface area contributed by atoms with Crippen LogP contribution in [0.5, 0.6) is 11.5 Å². The van der Waals surface area contributed by atoms with Gasteiger partial charge in [0.25, 0.3) is 0 Å². The van der Waals surface area contributed by atoms with E-state index < -0.39 is 11.9 Å². The summed E-state index contributed by atoms with van der Waals surface area (Å²) in [7, 11) is 0. The van der Waals surface area contributed by atoms with Crippen molar-refractivity contribution in [1.82, 2.24) is 0 Å². The van der Waals surface area contributed by atoms with Gasteiger partial charge in [-0.05, 0) is 55.0 Å². The average Bonchev–Trinajstić information content (AvgIpc) is 2.78. The van der Waals surface area contributed by atoms with Crippen LogP contribution in [-0.4, -0.2) is 55.8 Å². The number of carbonyl (C=O) groups is 2. The van der Waals surface area contributed by atoms with Crippen molar-refractivity contribution in [3.8, 4) is 11.5 Å². The summed E-state index contributed by atoms with van der Waals surface area (Å²) in [6, 6.07) is 7.22. The van der Waals surface area contributed by atoms with E-state index in [0.29, 0.717) is 0 Å². The number of hydrogen-bond acceptors (Lipinski definition) is 6. The zero-order valence-electron chi connectivity index (χ0n) is 27.6. The highest BCUT2D eigenvalue weighted by atomic mass is 16.4. The first-order chi connectivity index (χ1) is 18.8. The van der Waals surface area contributed by atoms with E-state index in [4.69, 9.17) is 20.4 Å². The summed E-state index contributed by atoms with van der Waals surface area (Å²) in [5.41, 5.74) is 3.79. The van der Waals surface area contributed by atoms with E-state index in [9.17, 15) is 19.8 Å². The standard InChI is InChI=1S/2C16H24O3.C2H6O2/c2*1-15(2,3)11-7-10(9-13(17)18)8-12(14(11)19)16(4,5)6;3-1-2-4/h2*7-8,19H,9H2,1-6H3,(H,17,18);3-4H,1-2H2. The van der Waals surface area contributed by atoms with Crippen molar-refractivity contribution in [3.05, 3.63) is 57.6 Å². The SMILES string of the molecule is CC(C)(C)c1cc(CC(=O)O)cc(C(C)(C)C)c1O.CC(C)(C)c1cc(CC(=O)O)cc(C(C)(C)C)c1O.OCCO. The molecule has 2 rings (SSSR count). The molecule has 0 unspecified atom stereocenters. The molecule has 6 N–H and O–H groups in total. The van der Waals surface area contributed by atoms with Gasteiger partial charge in [-0.1, -0.05) is 107 Å². The van der Waals surface area contributed by atoms with E-state index >= 15 is 0 Å². The van der Waals surface area contributed by atoms with Crippen molar-refractivity contribution in [2.75, 3.05) is 13.2 Å². The second-order valence-electron chi connectivity index (χ2n) is 14.7. The molecule has 0 heterocycles. The summed E-state index contributed by atoms with van der Waals surface area (Å²) in [4.78, 5) is 21.8. The zero-order valence-corrected chi connectivity index (χ0v) is 27.6. The summed E-state index contributed by atoms with van der Waals surface area (Å²) >= 11 is 0. The van der Waals surface area contributed by atoms with Gasteiger partial charge in [-0.15, -0.1) is 0 Å². The lowest BCUT2D eigenvalue weighted by molar-refractivity contribution is -0.137. The maximum Gasteiger partial charge on any atom is 0.307 e. The summed E-state index contributed by atoms with van der Waals surface area (Å²) in [6.45, 7) is 23.9. The van der Waals surface area contributed by atoms with Crippen LogP contribution in [0.4, 0.5) is 0 Å². The highest BCUT2D eigenvalue weighted by Crippen LogP contribution is 2.41. The van der Waals surface area contributed by atoms with Crippen LogP contribution < -0.4 is 0 Å². The molecule has 0 saturated carbocycles. The summed E-state index contributed by atoms with van der Waals surface area (Å²) in [6.07, 6.45) is -0.0428. The minimum atomic E-state index is -0.856. The molecule has 0 fully saturated rings. The van der Waals surface area contributed by atoms with Crippen molar-refractivity contribution >= 4 is 11.9 Å². The third-order valence-corrected chi connectivity index (χ3v) is 6.38.